The zero-order valence-electron chi connectivity index (χ0n) is 11.6. The van der Waals surface area contributed by atoms with Gasteiger partial charge in [-0.1, -0.05) is 64.0 Å². The van der Waals surface area contributed by atoms with Crippen LogP contribution >= 0.6 is 0 Å². The van der Waals surface area contributed by atoms with Crippen LogP contribution in [0.1, 0.15) is 71.1 Å². The summed E-state index contributed by atoms with van der Waals surface area (Å²) in [5, 5.41) is 17.5. The third kappa shape index (κ3) is 11.6. The summed E-state index contributed by atoms with van der Waals surface area (Å²) in [6, 6.07) is 0. The molecule has 2 N–H and O–H groups in total. The number of hydrogen-bond donors (Lipinski definition) is 2. The zero-order valence-corrected chi connectivity index (χ0v) is 11.6. The molecule has 18 heavy (non-hydrogen) atoms. The van der Waals surface area contributed by atoms with Crippen LogP contribution in [0.25, 0.3) is 0 Å². The van der Waals surface area contributed by atoms with Crippen molar-refractivity contribution in [1.29, 1.82) is 0 Å². The predicted octanol–water partition coefficient (Wildman–Crippen LogP) is 3.91. The summed E-state index contributed by atoms with van der Waals surface area (Å²) in [5.41, 5.74) is 0. The third-order valence-electron chi connectivity index (χ3n) is 3.04. The van der Waals surface area contributed by atoms with E-state index in [1.165, 1.54) is 44.9 Å². The van der Waals surface area contributed by atoms with Gasteiger partial charge >= 0.3 is 5.97 Å². The summed E-state index contributed by atoms with van der Waals surface area (Å²) < 4.78 is 0. The van der Waals surface area contributed by atoms with Crippen molar-refractivity contribution >= 4 is 5.97 Å². The first kappa shape index (κ1) is 17.2. The Morgan fingerprint density at radius 1 is 1.00 bits per heavy atom. The third-order valence-corrected chi connectivity index (χ3v) is 3.04. The van der Waals surface area contributed by atoms with Crippen LogP contribution in [0.4, 0.5) is 0 Å². The molecule has 3 nitrogen and oxygen atoms in total. The number of aliphatic hydroxyl groups excluding tert-OH is 1. The first-order chi connectivity index (χ1) is 8.68. The van der Waals surface area contributed by atoms with E-state index in [1.54, 1.807) is 6.08 Å². The van der Waals surface area contributed by atoms with E-state index in [0.29, 0.717) is 0 Å². The highest BCUT2D eigenvalue weighted by molar-refractivity contribution is 5.72. The van der Waals surface area contributed by atoms with E-state index in [0.717, 1.165) is 12.8 Å². The Morgan fingerprint density at radius 3 is 2.11 bits per heavy atom. The van der Waals surface area contributed by atoms with Crippen LogP contribution in [0.15, 0.2) is 12.2 Å². The number of carboxylic acid groups (broad SMARTS) is 1. The monoisotopic (exact) mass is 256 g/mol. The lowest BCUT2D eigenvalue weighted by Crippen LogP contribution is -2.17. The van der Waals surface area contributed by atoms with Gasteiger partial charge in [0.05, 0.1) is 0 Å². The van der Waals surface area contributed by atoms with Gasteiger partial charge in [0.25, 0.3) is 0 Å². The number of allylic oxidation sites excluding steroid dienone is 1. The van der Waals surface area contributed by atoms with E-state index < -0.39 is 12.1 Å². The van der Waals surface area contributed by atoms with Gasteiger partial charge in [-0.2, -0.15) is 0 Å². The molecule has 0 rings (SSSR count). The second kappa shape index (κ2) is 12.6. The molecule has 3 heteroatoms. The summed E-state index contributed by atoms with van der Waals surface area (Å²) in [6.07, 6.45) is 14.1. The number of rotatable bonds is 12. The molecule has 0 saturated carbocycles. The summed E-state index contributed by atoms with van der Waals surface area (Å²) in [6.45, 7) is 2.23. The van der Waals surface area contributed by atoms with Crippen molar-refractivity contribution in [3.05, 3.63) is 12.2 Å². The van der Waals surface area contributed by atoms with E-state index in [4.69, 9.17) is 10.2 Å². The molecule has 0 aliphatic rings. The van der Waals surface area contributed by atoms with Crippen molar-refractivity contribution in [2.45, 2.75) is 77.2 Å². The van der Waals surface area contributed by atoms with Crippen LogP contribution in [0.3, 0.4) is 0 Å². The number of unbranched alkanes of at least 4 members (excludes halogenated alkanes) is 8. The average Bonchev–Trinajstić information content (AvgIpc) is 2.35. The molecule has 1 atom stereocenters. The summed E-state index contributed by atoms with van der Waals surface area (Å²) in [7, 11) is 0. The first-order valence-corrected chi connectivity index (χ1v) is 7.24. The standard InChI is InChI=1S/C15H28O3/c1-2-3-4-5-6-7-8-9-10-11-12-13-14(16)15(17)18/h11-12,14,16H,2-10,13H2,1H3,(H,17,18)/b12-11+. The van der Waals surface area contributed by atoms with Crippen molar-refractivity contribution in [3.8, 4) is 0 Å². The number of carbonyl (C=O) groups is 1. The molecule has 0 aliphatic carbocycles. The van der Waals surface area contributed by atoms with Gasteiger partial charge in [-0.05, 0) is 12.8 Å². The van der Waals surface area contributed by atoms with Gasteiger partial charge in [0.1, 0.15) is 0 Å². The maximum Gasteiger partial charge on any atom is 0.332 e. The van der Waals surface area contributed by atoms with Crippen LogP contribution in [0.2, 0.25) is 0 Å². The predicted molar refractivity (Wildman–Crippen MR) is 74.6 cm³/mol. The van der Waals surface area contributed by atoms with Gasteiger partial charge in [0, 0.05) is 6.42 Å². The lowest BCUT2D eigenvalue weighted by molar-refractivity contribution is -0.146. The molecule has 0 radical (unpaired) electrons. The Kier molecular flexibility index (Phi) is 12.0. The van der Waals surface area contributed by atoms with Gasteiger partial charge in [0.2, 0.25) is 0 Å². The Balaban J connectivity index is 3.20. The minimum atomic E-state index is -1.25. The summed E-state index contributed by atoms with van der Waals surface area (Å²) in [4.78, 5) is 10.3. The van der Waals surface area contributed by atoms with Crippen LogP contribution < -0.4 is 0 Å². The van der Waals surface area contributed by atoms with Gasteiger partial charge < -0.3 is 10.2 Å². The number of hydrogen-bond acceptors (Lipinski definition) is 2. The molecule has 0 spiro atoms. The lowest BCUT2D eigenvalue weighted by atomic mass is 10.1. The van der Waals surface area contributed by atoms with Gasteiger partial charge in [0.15, 0.2) is 6.10 Å². The Hall–Kier alpha value is -0.830. The van der Waals surface area contributed by atoms with E-state index >= 15 is 0 Å². The molecular weight excluding hydrogens is 228 g/mol. The Labute approximate surface area is 111 Å². The van der Waals surface area contributed by atoms with E-state index in [1.807, 2.05) is 6.08 Å². The maximum absolute atomic E-state index is 10.3. The van der Waals surface area contributed by atoms with Crippen molar-refractivity contribution < 1.29 is 15.0 Å². The first-order valence-electron chi connectivity index (χ1n) is 7.24. The smallest absolute Gasteiger partial charge is 0.332 e. The van der Waals surface area contributed by atoms with Crippen molar-refractivity contribution in [2.24, 2.45) is 0 Å². The highest BCUT2D eigenvalue weighted by Crippen LogP contribution is 2.09. The molecule has 0 bridgehead atoms. The SMILES string of the molecule is CCCCCCCCCC/C=C/CC(O)C(=O)O. The largest absolute Gasteiger partial charge is 0.479 e. The van der Waals surface area contributed by atoms with Crippen molar-refractivity contribution in [2.75, 3.05) is 0 Å². The van der Waals surface area contributed by atoms with Gasteiger partial charge in [-0.3, -0.25) is 0 Å². The van der Waals surface area contributed by atoms with Gasteiger partial charge in [-0.25, -0.2) is 4.79 Å². The number of aliphatic carboxylic acids is 1. The highest BCUT2D eigenvalue weighted by atomic mass is 16.4. The fourth-order valence-corrected chi connectivity index (χ4v) is 1.84. The van der Waals surface area contributed by atoms with Crippen LogP contribution in [0.5, 0.6) is 0 Å². The van der Waals surface area contributed by atoms with E-state index in [9.17, 15) is 4.79 Å². The molecule has 0 fully saturated rings. The molecule has 0 aromatic carbocycles. The Morgan fingerprint density at radius 2 is 1.56 bits per heavy atom. The summed E-state index contributed by atoms with van der Waals surface area (Å²) >= 11 is 0. The minimum absolute atomic E-state index is 0.215. The van der Waals surface area contributed by atoms with E-state index in [-0.39, 0.29) is 6.42 Å². The van der Waals surface area contributed by atoms with Crippen molar-refractivity contribution in [3.63, 3.8) is 0 Å². The molecule has 0 saturated heterocycles. The quantitative estimate of drug-likeness (QED) is 0.411. The van der Waals surface area contributed by atoms with Crippen LogP contribution in [-0.4, -0.2) is 22.3 Å². The molecule has 0 heterocycles. The van der Waals surface area contributed by atoms with E-state index in [2.05, 4.69) is 6.92 Å². The average molecular weight is 256 g/mol. The van der Waals surface area contributed by atoms with Crippen molar-refractivity contribution in [1.82, 2.24) is 0 Å². The zero-order chi connectivity index (χ0) is 13.6. The lowest BCUT2D eigenvalue weighted by Gasteiger charge is -2.01. The summed E-state index contributed by atoms with van der Waals surface area (Å²) in [5.74, 6) is -1.15. The topological polar surface area (TPSA) is 57.5 Å². The van der Waals surface area contributed by atoms with Crippen LogP contribution in [-0.2, 0) is 4.79 Å². The fraction of sp³-hybridized carbons (Fsp3) is 0.800. The number of aliphatic hydroxyl groups is 1. The molecule has 0 amide bonds. The van der Waals surface area contributed by atoms with Crippen LogP contribution in [0, 0.1) is 0 Å². The second-order valence-corrected chi connectivity index (χ2v) is 4.82. The normalized spacial score (nSPS) is 13.0. The second-order valence-electron chi connectivity index (χ2n) is 4.82. The highest BCUT2D eigenvalue weighted by Gasteiger charge is 2.09. The molecular formula is C15H28O3. The molecule has 106 valence electrons. The maximum atomic E-state index is 10.3. The molecule has 0 aliphatic heterocycles. The Bertz CT molecular complexity index is 224. The minimum Gasteiger partial charge on any atom is -0.479 e. The molecule has 0 aromatic rings. The fourth-order valence-electron chi connectivity index (χ4n) is 1.84. The molecule has 0 aromatic heterocycles. The number of carboxylic acids is 1. The van der Waals surface area contributed by atoms with Gasteiger partial charge in [-0.15, -0.1) is 0 Å². The molecule has 1 unspecified atom stereocenters.